The van der Waals surface area contributed by atoms with Gasteiger partial charge in [-0.15, -0.1) is 0 Å². The lowest BCUT2D eigenvalue weighted by Crippen LogP contribution is -2.12. The first-order valence-corrected chi connectivity index (χ1v) is 4.97. The van der Waals surface area contributed by atoms with E-state index in [0.717, 1.165) is 0 Å². The third-order valence-electron chi connectivity index (χ3n) is 2.14. The number of benzene rings is 1. The van der Waals surface area contributed by atoms with Gasteiger partial charge >= 0.3 is 0 Å². The minimum Gasteiger partial charge on any atom is -0.497 e. The largest absolute Gasteiger partial charge is 0.497 e. The Hall–Kier alpha value is -2.30. The van der Waals surface area contributed by atoms with Crippen molar-refractivity contribution in [3.05, 3.63) is 35.4 Å². The Morgan fingerprint density at radius 1 is 1.35 bits per heavy atom. The summed E-state index contributed by atoms with van der Waals surface area (Å²) in [5, 5.41) is 0. The monoisotopic (exact) mass is 234 g/mol. The average molecular weight is 234 g/mol. The molecule has 0 aliphatic heterocycles. The van der Waals surface area contributed by atoms with Gasteiger partial charge in [-0.2, -0.15) is 0 Å². The molecule has 5 heteroatoms. The van der Waals surface area contributed by atoms with Gasteiger partial charge in [-0.25, -0.2) is 0 Å². The number of carbonyl (C=O) groups is 2. The van der Waals surface area contributed by atoms with Gasteiger partial charge in [0.05, 0.1) is 7.11 Å². The fourth-order valence-electron chi connectivity index (χ4n) is 1.32. The molecule has 1 rings (SSSR count). The third kappa shape index (κ3) is 3.64. The predicted octanol–water partition coefficient (Wildman–Crippen LogP) is 0.683. The van der Waals surface area contributed by atoms with E-state index in [0.29, 0.717) is 16.9 Å². The molecule has 0 heterocycles. The van der Waals surface area contributed by atoms with Crippen LogP contribution >= 0.6 is 0 Å². The molecule has 4 N–H and O–H groups in total. The maximum absolute atomic E-state index is 11.2. The highest BCUT2D eigenvalue weighted by Crippen LogP contribution is 2.18. The SMILES string of the molecule is COc1ccc(C=CCC(N)=O)c(C(N)=O)c1. The average Bonchev–Trinajstić information content (AvgIpc) is 2.28. The number of primary amides is 2. The molecule has 1 aromatic rings. The number of hydrogen-bond acceptors (Lipinski definition) is 3. The molecule has 0 spiro atoms. The summed E-state index contributed by atoms with van der Waals surface area (Å²) in [5.41, 5.74) is 11.2. The van der Waals surface area contributed by atoms with E-state index in [1.54, 1.807) is 30.4 Å². The van der Waals surface area contributed by atoms with Crippen LogP contribution in [0.1, 0.15) is 22.3 Å². The van der Waals surface area contributed by atoms with Crippen LogP contribution < -0.4 is 16.2 Å². The van der Waals surface area contributed by atoms with Crippen LogP contribution in [0.4, 0.5) is 0 Å². The number of nitrogens with two attached hydrogens (primary N) is 2. The maximum atomic E-state index is 11.2. The first-order valence-electron chi connectivity index (χ1n) is 4.97. The molecule has 0 radical (unpaired) electrons. The van der Waals surface area contributed by atoms with Gasteiger partial charge in [-0.1, -0.05) is 18.2 Å². The van der Waals surface area contributed by atoms with E-state index >= 15 is 0 Å². The predicted molar refractivity (Wildman–Crippen MR) is 64.4 cm³/mol. The summed E-state index contributed by atoms with van der Waals surface area (Å²) in [7, 11) is 1.50. The van der Waals surface area contributed by atoms with Crippen LogP contribution in [-0.2, 0) is 4.79 Å². The Morgan fingerprint density at radius 2 is 2.06 bits per heavy atom. The zero-order chi connectivity index (χ0) is 12.8. The summed E-state index contributed by atoms with van der Waals surface area (Å²) in [6.07, 6.45) is 3.32. The molecule has 0 aliphatic carbocycles. The van der Waals surface area contributed by atoms with Crippen LogP contribution in [0.2, 0.25) is 0 Å². The summed E-state index contributed by atoms with van der Waals surface area (Å²) in [6.45, 7) is 0. The second kappa shape index (κ2) is 5.69. The highest BCUT2D eigenvalue weighted by atomic mass is 16.5. The number of carbonyl (C=O) groups excluding carboxylic acids is 2. The highest BCUT2D eigenvalue weighted by Gasteiger charge is 2.07. The lowest BCUT2D eigenvalue weighted by molar-refractivity contribution is -0.117. The van der Waals surface area contributed by atoms with Crippen LogP contribution in [0.5, 0.6) is 5.75 Å². The minimum atomic E-state index is -0.553. The molecule has 0 aliphatic rings. The summed E-state index contributed by atoms with van der Waals surface area (Å²) in [4.78, 5) is 21.8. The van der Waals surface area contributed by atoms with Crippen molar-refractivity contribution in [2.24, 2.45) is 11.5 Å². The van der Waals surface area contributed by atoms with E-state index < -0.39 is 11.8 Å². The smallest absolute Gasteiger partial charge is 0.249 e. The Kier molecular flexibility index (Phi) is 4.28. The van der Waals surface area contributed by atoms with Crippen molar-refractivity contribution in [1.29, 1.82) is 0 Å². The summed E-state index contributed by atoms with van der Waals surface area (Å²) < 4.78 is 5.00. The Balaban J connectivity index is 3.02. The van der Waals surface area contributed by atoms with E-state index in [4.69, 9.17) is 16.2 Å². The van der Waals surface area contributed by atoms with E-state index in [1.165, 1.54) is 7.11 Å². The first kappa shape index (κ1) is 12.8. The van der Waals surface area contributed by atoms with Gasteiger partial charge in [0.2, 0.25) is 11.8 Å². The molecule has 0 aromatic heterocycles. The van der Waals surface area contributed by atoms with Gasteiger partial charge in [-0.05, 0) is 17.7 Å². The van der Waals surface area contributed by atoms with Crippen molar-refractivity contribution in [2.75, 3.05) is 7.11 Å². The second-order valence-electron chi connectivity index (χ2n) is 3.39. The molecule has 90 valence electrons. The van der Waals surface area contributed by atoms with Crippen LogP contribution in [-0.4, -0.2) is 18.9 Å². The van der Waals surface area contributed by atoms with Crippen molar-refractivity contribution in [2.45, 2.75) is 6.42 Å². The summed E-state index contributed by atoms with van der Waals surface area (Å²) in [6, 6.07) is 4.94. The second-order valence-corrected chi connectivity index (χ2v) is 3.39. The molecular weight excluding hydrogens is 220 g/mol. The molecule has 0 unspecified atom stereocenters. The van der Waals surface area contributed by atoms with Crippen molar-refractivity contribution < 1.29 is 14.3 Å². The lowest BCUT2D eigenvalue weighted by atomic mass is 10.1. The van der Waals surface area contributed by atoms with Crippen LogP contribution in [0, 0.1) is 0 Å². The molecule has 0 saturated carbocycles. The Labute approximate surface area is 99.0 Å². The molecule has 5 nitrogen and oxygen atoms in total. The van der Waals surface area contributed by atoms with Gasteiger partial charge in [-0.3, -0.25) is 9.59 Å². The van der Waals surface area contributed by atoms with Crippen molar-refractivity contribution in [3.63, 3.8) is 0 Å². The Morgan fingerprint density at radius 3 is 2.59 bits per heavy atom. The molecule has 17 heavy (non-hydrogen) atoms. The summed E-state index contributed by atoms with van der Waals surface area (Å²) in [5.74, 6) is -0.441. The molecule has 0 atom stereocenters. The van der Waals surface area contributed by atoms with Crippen molar-refractivity contribution in [3.8, 4) is 5.75 Å². The number of methoxy groups -OCH3 is 1. The molecule has 0 bridgehead atoms. The number of hydrogen-bond donors (Lipinski definition) is 2. The van der Waals surface area contributed by atoms with Gasteiger partial charge < -0.3 is 16.2 Å². The molecule has 2 amide bonds. The molecular formula is C12H14N2O3. The lowest BCUT2D eigenvalue weighted by Gasteiger charge is -2.05. The quantitative estimate of drug-likeness (QED) is 0.784. The Bertz CT molecular complexity index is 467. The van der Waals surface area contributed by atoms with E-state index in [-0.39, 0.29) is 6.42 Å². The fourth-order valence-corrected chi connectivity index (χ4v) is 1.32. The van der Waals surface area contributed by atoms with Crippen LogP contribution in [0.25, 0.3) is 6.08 Å². The van der Waals surface area contributed by atoms with Gasteiger partial charge in [0.15, 0.2) is 0 Å². The molecule has 0 fully saturated rings. The topological polar surface area (TPSA) is 95.4 Å². The van der Waals surface area contributed by atoms with Crippen molar-refractivity contribution >= 4 is 17.9 Å². The van der Waals surface area contributed by atoms with Gasteiger partial charge in [0, 0.05) is 12.0 Å². The normalized spacial score (nSPS) is 10.4. The zero-order valence-electron chi connectivity index (χ0n) is 9.47. The zero-order valence-corrected chi connectivity index (χ0v) is 9.47. The minimum absolute atomic E-state index is 0.115. The number of ether oxygens (including phenoxy) is 1. The van der Waals surface area contributed by atoms with Crippen LogP contribution in [0.3, 0.4) is 0 Å². The van der Waals surface area contributed by atoms with Crippen LogP contribution in [0.15, 0.2) is 24.3 Å². The van der Waals surface area contributed by atoms with E-state index in [9.17, 15) is 9.59 Å². The number of rotatable bonds is 5. The standard InChI is InChI=1S/C12H14N2O3/c1-17-9-6-5-8(3-2-4-11(13)15)10(7-9)12(14)16/h2-3,5-7H,4H2,1H3,(H2,13,15)(H2,14,16). The van der Waals surface area contributed by atoms with Gasteiger partial charge in [0.1, 0.15) is 5.75 Å². The van der Waals surface area contributed by atoms with Crippen molar-refractivity contribution in [1.82, 2.24) is 0 Å². The summed E-state index contributed by atoms with van der Waals surface area (Å²) >= 11 is 0. The van der Waals surface area contributed by atoms with E-state index in [1.807, 2.05) is 0 Å². The molecule has 1 aromatic carbocycles. The highest BCUT2D eigenvalue weighted by molar-refractivity contribution is 5.97. The van der Waals surface area contributed by atoms with E-state index in [2.05, 4.69) is 0 Å². The maximum Gasteiger partial charge on any atom is 0.249 e. The van der Waals surface area contributed by atoms with Gasteiger partial charge in [0.25, 0.3) is 0 Å². The fraction of sp³-hybridized carbons (Fsp3) is 0.167. The first-order chi connectivity index (χ1) is 8.04. The third-order valence-corrected chi connectivity index (χ3v) is 2.14. The number of amides is 2. The molecule has 0 saturated heterocycles.